The van der Waals surface area contributed by atoms with Crippen molar-refractivity contribution in [2.24, 2.45) is 0 Å². The van der Waals surface area contributed by atoms with Crippen molar-refractivity contribution in [1.29, 1.82) is 0 Å². The first-order valence-electron chi connectivity index (χ1n) is 6.42. The van der Waals surface area contributed by atoms with Gasteiger partial charge in [0.1, 0.15) is 10.7 Å². The third kappa shape index (κ3) is 3.56. The summed E-state index contributed by atoms with van der Waals surface area (Å²) in [6, 6.07) is 4.03. The highest BCUT2D eigenvalue weighted by atomic mass is 35.7. The molecule has 0 amide bonds. The van der Waals surface area contributed by atoms with Crippen LogP contribution in [0.3, 0.4) is 0 Å². The summed E-state index contributed by atoms with van der Waals surface area (Å²) in [6.07, 6.45) is 2.12. The van der Waals surface area contributed by atoms with Crippen molar-refractivity contribution in [2.75, 3.05) is 7.11 Å². The zero-order valence-electron chi connectivity index (χ0n) is 12.1. The third-order valence-corrected chi connectivity index (χ3v) is 4.93. The third-order valence-electron chi connectivity index (χ3n) is 3.58. The zero-order chi connectivity index (χ0) is 15.8. The highest BCUT2D eigenvalue weighted by molar-refractivity contribution is 8.14. The Morgan fingerprint density at radius 1 is 1.38 bits per heavy atom. The number of aromatic nitrogens is 1. The van der Waals surface area contributed by atoms with Gasteiger partial charge in [-0.25, -0.2) is 12.8 Å². The van der Waals surface area contributed by atoms with Crippen molar-refractivity contribution in [3.8, 4) is 0 Å². The molecular weight excluding hydrogens is 317 g/mol. The summed E-state index contributed by atoms with van der Waals surface area (Å²) in [6.45, 7) is 4.42. The van der Waals surface area contributed by atoms with E-state index in [1.807, 2.05) is 13.8 Å². The van der Waals surface area contributed by atoms with Crippen molar-refractivity contribution in [2.45, 2.75) is 37.3 Å². The molecule has 2 aromatic rings. The Bertz CT molecular complexity index is 768. The molecule has 0 N–H and O–H groups in total. The van der Waals surface area contributed by atoms with E-state index in [2.05, 4.69) is 0 Å². The van der Waals surface area contributed by atoms with Crippen molar-refractivity contribution in [3.63, 3.8) is 0 Å². The second-order valence-electron chi connectivity index (χ2n) is 5.50. The summed E-state index contributed by atoms with van der Waals surface area (Å²) in [7, 11) is 3.12. The molecule has 0 unspecified atom stereocenters. The van der Waals surface area contributed by atoms with Crippen molar-refractivity contribution >= 4 is 30.6 Å². The first-order chi connectivity index (χ1) is 9.64. The molecule has 0 aliphatic carbocycles. The molecule has 1 aromatic heterocycles. The molecule has 7 heteroatoms. The fourth-order valence-corrected chi connectivity index (χ4v) is 3.16. The molecule has 0 saturated carbocycles. The molecule has 0 fully saturated rings. The standard InChI is InChI=1S/C14H17ClFNO3S/c1-14(2,20-3)6-7-17-9-13(21(15,18)19)11-8-10(16)4-5-12(11)17/h4-5,8-9H,6-7H2,1-3H3. The van der Waals surface area contributed by atoms with Crippen LogP contribution in [0.15, 0.2) is 29.3 Å². The van der Waals surface area contributed by atoms with Gasteiger partial charge in [-0.3, -0.25) is 0 Å². The minimum absolute atomic E-state index is 0.0751. The van der Waals surface area contributed by atoms with Crippen LogP contribution in [0.2, 0.25) is 0 Å². The molecular formula is C14H17ClFNO3S. The maximum atomic E-state index is 13.4. The van der Waals surface area contributed by atoms with Gasteiger partial charge in [0.15, 0.2) is 0 Å². The Balaban J connectivity index is 2.50. The number of fused-ring (bicyclic) bond motifs is 1. The van der Waals surface area contributed by atoms with Gasteiger partial charge in [-0.1, -0.05) is 0 Å². The van der Waals surface area contributed by atoms with Gasteiger partial charge in [-0.15, -0.1) is 0 Å². The fraction of sp³-hybridized carbons (Fsp3) is 0.429. The van der Waals surface area contributed by atoms with Gasteiger partial charge in [0.25, 0.3) is 9.05 Å². The SMILES string of the molecule is COC(C)(C)CCn1cc(S(=O)(=O)Cl)c2cc(F)ccc21. The Kier molecular flexibility index (Phi) is 4.33. The Hall–Kier alpha value is -1.11. The van der Waals surface area contributed by atoms with E-state index in [1.54, 1.807) is 17.7 Å². The number of hydrogen-bond donors (Lipinski definition) is 0. The van der Waals surface area contributed by atoms with Crippen LogP contribution in [0.4, 0.5) is 4.39 Å². The molecule has 2 rings (SSSR count). The second kappa shape index (κ2) is 5.59. The number of methoxy groups -OCH3 is 1. The number of nitrogens with zero attached hydrogens (tertiary/aromatic N) is 1. The largest absolute Gasteiger partial charge is 0.379 e. The molecule has 0 radical (unpaired) electrons. The minimum atomic E-state index is -3.93. The highest BCUT2D eigenvalue weighted by Gasteiger charge is 2.21. The van der Waals surface area contributed by atoms with E-state index in [0.717, 1.165) is 0 Å². The predicted octanol–water partition coefficient (Wildman–Crippen LogP) is 3.52. The number of benzene rings is 1. The average Bonchev–Trinajstić information content (AvgIpc) is 2.74. The van der Waals surface area contributed by atoms with E-state index >= 15 is 0 Å². The first kappa shape index (κ1) is 16.3. The van der Waals surface area contributed by atoms with Crippen LogP contribution in [0.1, 0.15) is 20.3 Å². The second-order valence-corrected chi connectivity index (χ2v) is 8.03. The lowest BCUT2D eigenvalue weighted by Crippen LogP contribution is -2.24. The van der Waals surface area contributed by atoms with Gasteiger partial charge >= 0.3 is 0 Å². The maximum Gasteiger partial charge on any atom is 0.263 e. The normalized spacial score (nSPS) is 13.0. The van der Waals surface area contributed by atoms with Crippen molar-refractivity contribution < 1.29 is 17.5 Å². The molecule has 4 nitrogen and oxygen atoms in total. The van der Waals surface area contributed by atoms with Gasteiger partial charge < -0.3 is 9.30 Å². The molecule has 116 valence electrons. The maximum absolute atomic E-state index is 13.4. The predicted molar refractivity (Wildman–Crippen MR) is 80.6 cm³/mol. The van der Waals surface area contributed by atoms with Crippen LogP contribution < -0.4 is 0 Å². The Morgan fingerprint density at radius 2 is 2.05 bits per heavy atom. The van der Waals surface area contributed by atoms with Crippen LogP contribution in [0.5, 0.6) is 0 Å². The summed E-state index contributed by atoms with van der Waals surface area (Å²) in [4.78, 5) is -0.0751. The zero-order valence-corrected chi connectivity index (χ0v) is 13.6. The summed E-state index contributed by atoms with van der Waals surface area (Å²) in [5.74, 6) is -0.501. The van der Waals surface area contributed by atoms with Crippen LogP contribution in [-0.4, -0.2) is 25.7 Å². The van der Waals surface area contributed by atoms with E-state index in [-0.39, 0.29) is 10.5 Å². The van der Waals surface area contributed by atoms with E-state index in [9.17, 15) is 12.8 Å². The fourth-order valence-electron chi connectivity index (χ4n) is 2.11. The number of ether oxygens (including phenoxy) is 1. The number of aryl methyl sites for hydroxylation is 1. The number of hydrogen-bond acceptors (Lipinski definition) is 3. The molecule has 1 aromatic carbocycles. The lowest BCUT2D eigenvalue weighted by Gasteiger charge is -2.23. The molecule has 21 heavy (non-hydrogen) atoms. The summed E-state index contributed by atoms with van der Waals surface area (Å²) in [5.41, 5.74) is 0.291. The lowest BCUT2D eigenvalue weighted by atomic mass is 10.1. The van der Waals surface area contributed by atoms with E-state index in [1.165, 1.54) is 18.3 Å². The average molecular weight is 334 g/mol. The van der Waals surface area contributed by atoms with Crippen LogP contribution in [-0.2, 0) is 20.3 Å². The van der Waals surface area contributed by atoms with Gasteiger partial charge in [-0.05, 0) is 38.5 Å². The van der Waals surface area contributed by atoms with Gasteiger partial charge in [-0.2, -0.15) is 0 Å². The van der Waals surface area contributed by atoms with Crippen LogP contribution in [0, 0.1) is 5.82 Å². The van der Waals surface area contributed by atoms with Gasteiger partial charge in [0.2, 0.25) is 0 Å². The first-order valence-corrected chi connectivity index (χ1v) is 8.73. The molecule has 0 bridgehead atoms. The van der Waals surface area contributed by atoms with E-state index in [0.29, 0.717) is 23.9 Å². The molecule has 0 aliphatic heterocycles. The molecule has 0 saturated heterocycles. The summed E-state index contributed by atoms with van der Waals surface area (Å²) >= 11 is 0. The van der Waals surface area contributed by atoms with Crippen LogP contribution in [0.25, 0.3) is 10.9 Å². The van der Waals surface area contributed by atoms with E-state index in [4.69, 9.17) is 15.4 Å². The van der Waals surface area contributed by atoms with Gasteiger partial charge in [0, 0.05) is 41.4 Å². The summed E-state index contributed by atoms with van der Waals surface area (Å²) < 4.78 is 43.7. The summed E-state index contributed by atoms with van der Waals surface area (Å²) in [5, 5.41) is 0.292. The highest BCUT2D eigenvalue weighted by Crippen LogP contribution is 2.29. The van der Waals surface area contributed by atoms with Crippen molar-refractivity contribution in [1.82, 2.24) is 4.57 Å². The quantitative estimate of drug-likeness (QED) is 0.786. The van der Waals surface area contributed by atoms with Crippen LogP contribution >= 0.6 is 10.7 Å². The van der Waals surface area contributed by atoms with E-state index < -0.39 is 14.9 Å². The topological polar surface area (TPSA) is 48.3 Å². The molecule has 0 spiro atoms. The molecule has 0 atom stereocenters. The van der Waals surface area contributed by atoms with Gasteiger partial charge in [0.05, 0.1) is 5.60 Å². The molecule has 0 aliphatic rings. The number of halogens is 2. The smallest absolute Gasteiger partial charge is 0.263 e. The minimum Gasteiger partial charge on any atom is -0.379 e. The molecule has 1 heterocycles. The lowest BCUT2D eigenvalue weighted by molar-refractivity contribution is 0.0123. The monoisotopic (exact) mass is 333 g/mol. The van der Waals surface area contributed by atoms with Crippen molar-refractivity contribution in [3.05, 3.63) is 30.2 Å². The number of rotatable bonds is 5. The Labute approximate surface area is 127 Å². The Morgan fingerprint density at radius 3 is 2.62 bits per heavy atom.